The molecule has 0 saturated heterocycles. The summed E-state index contributed by atoms with van der Waals surface area (Å²) in [6, 6.07) is 1.77. The number of nitrogens with one attached hydrogen (secondary N) is 2. The Hall–Kier alpha value is -2.05. The second-order valence-corrected chi connectivity index (χ2v) is 3.60. The summed E-state index contributed by atoms with van der Waals surface area (Å²) in [6.45, 7) is 0.715. The van der Waals surface area contributed by atoms with Crippen molar-refractivity contribution in [2.45, 2.75) is 19.3 Å². The zero-order valence-corrected chi connectivity index (χ0v) is 9.86. The molecule has 1 rings (SSSR count). The van der Waals surface area contributed by atoms with Crippen LogP contribution >= 0.6 is 0 Å². The number of aromatic nitrogens is 2. The van der Waals surface area contributed by atoms with Crippen LogP contribution in [0.5, 0.6) is 0 Å². The fraction of sp³-hybridized carbons (Fsp3) is 0.500. The monoisotopic (exact) mass is 238 g/mol. The van der Waals surface area contributed by atoms with Crippen molar-refractivity contribution in [1.29, 1.82) is 0 Å². The Morgan fingerprint density at radius 2 is 2.06 bits per heavy atom. The number of nitrogens with zero attached hydrogens (tertiary/aromatic N) is 2. The lowest BCUT2D eigenvalue weighted by molar-refractivity contribution is -0.118. The van der Waals surface area contributed by atoms with E-state index >= 15 is 0 Å². The predicted molar refractivity (Wildman–Crippen MR) is 67.5 cm³/mol. The van der Waals surface area contributed by atoms with Gasteiger partial charge in [0.05, 0.1) is 0 Å². The van der Waals surface area contributed by atoms with Gasteiger partial charge in [-0.25, -0.2) is 0 Å². The standard InChI is InChI=1S/C10H18N6O/c1-13-8-6-9(16-10(12)15-8)14-5-3-2-4-7(11)17/h6H,2-5H2,1H3,(H2,11,17)(H4,12,13,14,15,16). The maximum Gasteiger partial charge on any atom is 0.223 e. The minimum Gasteiger partial charge on any atom is -0.373 e. The van der Waals surface area contributed by atoms with E-state index in [1.165, 1.54) is 0 Å². The molecule has 1 heterocycles. The number of primary amides is 1. The number of hydrogen-bond acceptors (Lipinski definition) is 6. The first-order valence-corrected chi connectivity index (χ1v) is 5.46. The largest absolute Gasteiger partial charge is 0.373 e. The van der Waals surface area contributed by atoms with Gasteiger partial charge in [0.1, 0.15) is 11.6 Å². The predicted octanol–water partition coefficient (Wildman–Crippen LogP) is 0.168. The van der Waals surface area contributed by atoms with Crippen molar-refractivity contribution in [2.75, 3.05) is 30.0 Å². The molecule has 7 nitrogen and oxygen atoms in total. The number of rotatable bonds is 7. The second kappa shape index (κ2) is 6.51. The number of amides is 1. The van der Waals surface area contributed by atoms with Crippen LogP contribution in [-0.2, 0) is 4.79 Å². The molecule has 0 aliphatic carbocycles. The van der Waals surface area contributed by atoms with E-state index in [9.17, 15) is 4.79 Å². The molecular formula is C10H18N6O. The fourth-order valence-corrected chi connectivity index (χ4v) is 1.33. The molecule has 17 heavy (non-hydrogen) atoms. The minimum absolute atomic E-state index is 0.219. The van der Waals surface area contributed by atoms with E-state index in [0.29, 0.717) is 24.6 Å². The van der Waals surface area contributed by atoms with E-state index in [4.69, 9.17) is 11.5 Å². The Bertz CT molecular complexity index is 381. The van der Waals surface area contributed by atoms with Crippen molar-refractivity contribution in [3.05, 3.63) is 6.07 Å². The topological polar surface area (TPSA) is 119 Å². The summed E-state index contributed by atoms with van der Waals surface area (Å²) < 4.78 is 0. The number of anilines is 3. The SMILES string of the molecule is CNc1cc(NCCCCC(N)=O)nc(N)n1. The molecule has 1 amide bonds. The molecule has 94 valence electrons. The van der Waals surface area contributed by atoms with Gasteiger partial charge in [-0.15, -0.1) is 0 Å². The van der Waals surface area contributed by atoms with E-state index in [-0.39, 0.29) is 11.9 Å². The zero-order chi connectivity index (χ0) is 12.7. The van der Waals surface area contributed by atoms with Crippen LogP contribution in [0.1, 0.15) is 19.3 Å². The van der Waals surface area contributed by atoms with Gasteiger partial charge in [0.2, 0.25) is 11.9 Å². The Labute approximate surface area is 100 Å². The molecular weight excluding hydrogens is 220 g/mol. The third-order valence-corrected chi connectivity index (χ3v) is 2.16. The molecule has 0 unspecified atom stereocenters. The number of nitrogen functional groups attached to an aromatic ring is 1. The summed E-state index contributed by atoms with van der Waals surface area (Å²) in [6.07, 6.45) is 2.03. The molecule has 0 atom stereocenters. The van der Waals surface area contributed by atoms with Crippen LogP contribution < -0.4 is 22.1 Å². The summed E-state index contributed by atoms with van der Waals surface area (Å²) in [5.74, 6) is 1.28. The average Bonchev–Trinajstić information content (AvgIpc) is 2.27. The maximum absolute atomic E-state index is 10.5. The van der Waals surface area contributed by atoms with Crippen LogP contribution in [0.4, 0.5) is 17.6 Å². The zero-order valence-electron chi connectivity index (χ0n) is 9.86. The number of nitrogens with two attached hydrogens (primary N) is 2. The van der Waals surface area contributed by atoms with E-state index in [2.05, 4.69) is 20.6 Å². The van der Waals surface area contributed by atoms with Crippen molar-refractivity contribution in [3.63, 3.8) is 0 Å². The lowest BCUT2D eigenvalue weighted by Crippen LogP contribution is -2.11. The quantitative estimate of drug-likeness (QED) is 0.503. The highest BCUT2D eigenvalue weighted by atomic mass is 16.1. The highest BCUT2D eigenvalue weighted by Gasteiger charge is 2.00. The molecule has 6 N–H and O–H groups in total. The van der Waals surface area contributed by atoms with E-state index < -0.39 is 0 Å². The van der Waals surface area contributed by atoms with Gasteiger partial charge in [0.25, 0.3) is 0 Å². The van der Waals surface area contributed by atoms with Gasteiger partial charge in [0, 0.05) is 26.1 Å². The van der Waals surface area contributed by atoms with Gasteiger partial charge in [-0.05, 0) is 12.8 Å². The van der Waals surface area contributed by atoms with Crippen molar-refractivity contribution in [1.82, 2.24) is 9.97 Å². The second-order valence-electron chi connectivity index (χ2n) is 3.60. The molecule has 0 radical (unpaired) electrons. The first kappa shape index (κ1) is 13.0. The first-order valence-electron chi connectivity index (χ1n) is 5.46. The molecule has 1 aromatic heterocycles. The lowest BCUT2D eigenvalue weighted by atomic mass is 10.2. The minimum atomic E-state index is -0.270. The molecule has 0 aliphatic rings. The summed E-state index contributed by atoms with van der Waals surface area (Å²) >= 11 is 0. The summed E-state index contributed by atoms with van der Waals surface area (Å²) in [5.41, 5.74) is 10.6. The maximum atomic E-state index is 10.5. The van der Waals surface area contributed by atoms with E-state index in [0.717, 1.165) is 12.8 Å². The van der Waals surface area contributed by atoms with E-state index in [1.807, 2.05) is 0 Å². The van der Waals surface area contributed by atoms with Crippen LogP contribution in [0.25, 0.3) is 0 Å². The Morgan fingerprint density at radius 3 is 2.71 bits per heavy atom. The van der Waals surface area contributed by atoms with E-state index in [1.54, 1.807) is 13.1 Å². The highest BCUT2D eigenvalue weighted by molar-refractivity contribution is 5.73. The van der Waals surface area contributed by atoms with Crippen LogP contribution in [-0.4, -0.2) is 29.5 Å². The smallest absolute Gasteiger partial charge is 0.223 e. The third-order valence-electron chi connectivity index (χ3n) is 2.16. The number of carbonyl (C=O) groups is 1. The van der Waals surface area contributed by atoms with Gasteiger partial charge in [0.15, 0.2) is 0 Å². The number of unbranched alkanes of at least 4 members (excludes halogenated alkanes) is 1. The molecule has 0 aromatic carbocycles. The van der Waals surface area contributed by atoms with Gasteiger partial charge in [-0.3, -0.25) is 4.79 Å². The highest BCUT2D eigenvalue weighted by Crippen LogP contribution is 2.11. The summed E-state index contributed by atoms with van der Waals surface area (Å²) in [4.78, 5) is 18.5. The van der Waals surface area contributed by atoms with Crippen LogP contribution in [0, 0.1) is 0 Å². The van der Waals surface area contributed by atoms with Crippen LogP contribution in [0.2, 0.25) is 0 Å². The molecule has 0 spiro atoms. The van der Waals surface area contributed by atoms with Gasteiger partial charge < -0.3 is 22.1 Å². The lowest BCUT2D eigenvalue weighted by Gasteiger charge is -2.07. The van der Waals surface area contributed by atoms with Crippen molar-refractivity contribution in [2.24, 2.45) is 5.73 Å². The first-order chi connectivity index (χ1) is 8.11. The van der Waals surface area contributed by atoms with Crippen molar-refractivity contribution < 1.29 is 4.79 Å². The molecule has 0 aliphatic heterocycles. The Balaban J connectivity index is 2.36. The fourth-order valence-electron chi connectivity index (χ4n) is 1.33. The van der Waals surface area contributed by atoms with Gasteiger partial charge >= 0.3 is 0 Å². The van der Waals surface area contributed by atoms with Gasteiger partial charge in [-0.1, -0.05) is 0 Å². The summed E-state index contributed by atoms with van der Waals surface area (Å²) in [5, 5.41) is 6.00. The number of hydrogen-bond donors (Lipinski definition) is 4. The van der Waals surface area contributed by atoms with Crippen LogP contribution in [0.15, 0.2) is 6.07 Å². The molecule has 7 heteroatoms. The molecule has 1 aromatic rings. The molecule has 0 saturated carbocycles. The molecule has 0 fully saturated rings. The Morgan fingerprint density at radius 1 is 1.35 bits per heavy atom. The van der Waals surface area contributed by atoms with Crippen molar-refractivity contribution in [3.8, 4) is 0 Å². The third kappa shape index (κ3) is 5.01. The average molecular weight is 238 g/mol. The van der Waals surface area contributed by atoms with Gasteiger partial charge in [-0.2, -0.15) is 9.97 Å². The molecule has 0 bridgehead atoms. The normalized spacial score (nSPS) is 9.94. The van der Waals surface area contributed by atoms with Crippen molar-refractivity contribution >= 4 is 23.5 Å². The Kier molecular flexibility index (Phi) is 4.99. The summed E-state index contributed by atoms with van der Waals surface area (Å²) in [7, 11) is 1.76. The van der Waals surface area contributed by atoms with Crippen LogP contribution in [0.3, 0.4) is 0 Å². The number of carbonyl (C=O) groups excluding carboxylic acids is 1.